The average Bonchev–Trinajstić information content (AvgIpc) is 3.34. The highest BCUT2D eigenvalue weighted by atomic mass is 19.4. The van der Waals surface area contributed by atoms with E-state index in [1.54, 1.807) is 85.0 Å². The van der Waals surface area contributed by atoms with Crippen LogP contribution in [-0.2, 0) is 0 Å². The number of hydrogen-bond donors (Lipinski definition) is 3. The van der Waals surface area contributed by atoms with Crippen LogP contribution in [0, 0.1) is 12.8 Å². The third-order valence-electron chi connectivity index (χ3n) is 6.57. The van der Waals surface area contributed by atoms with E-state index in [0.29, 0.717) is 11.3 Å². The Balaban J connectivity index is 1.73. The number of carbonyl (C=O) groups excluding carboxylic acids is 2. The fraction of sp³-hybridized carbons (Fsp3) is 0.179. The van der Waals surface area contributed by atoms with E-state index < -0.39 is 35.7 Å². The Kier molecular flexibility index (Phi) is 6.28. The summed E-state index contributed by atoms with van der Waals surface area (Å²) in [5.41, 5.74) is -1.51. The summed E-state index contributed by atoms with van der Waals surface area (Å²) >= 11 is 0. The number of para-hydroxylation sites is 1. The molecule has 2 amide bonds. The number of Topliss-reactive ketones (excluding diaryl/α,β-unsaturated/α-hetero) is 1. The molecule has 38 heavy (non-hydrogen) atoms. The molecule has 0 aliphatic carbocycles. The van der Waals surface area contributed by atoms with Gasteiger partial charge in [0.25, 0.3) is 0 Å². The van der Waals surface area contributed by atoms with Crippen molar-refractivity contribution in [2.75, 3.05) is 0 Å². The van der Waals surface area contributed by atoms with Crippen LogP contribution < -0.4 is 10.6 Å². The molecular weight excluding hydrogens is 497 g/mol. The van der Waals surface area contributed by atoms with Gasteiger partial charge in [-0.15, -0.1) is 0 Å². The van der Waals surface area contributed by atoms with Crippen molar-refractivity contribution in [1.82, 2.24) is 20.4 Å². The Morgan fingerprint density at radius 1 is 0.974 bits per heavy atom. The number of alkyl halides is 3. The number of aryl methyl sites for hydroxylation is 1. The van der Waals surface area contributed by atoms with Crippen LogP contribution in [0.4, 0.5) is 18.0 Å². The van der Waals surface area contributed by atoms with Crippen molar-refractivity contribution in [3.05, 3.63) is 108 Å². The fourth-order valence-electron chi connectivity index (χ4n) is 4.64. The predicted molar refractivity (Wildman–Crippen MR) is 133 cm³/mol. The van der Waals surface area contributed by atoms with Crippen molar-refractivity contribution in [2.45, 2.75) is 24.9 Å². The lowest BCUT2D eigenvalue weighted by Crippen LogP contribution is -2.72. The first kappa shape index (κ1) is 25.2. The molecule has 1 aromatic heterocycles. The second-order valence-corrected chi connectivity index (χ2v) is 9.13. The molecule has 3 aromatic carbocycles. The number of amides is 2. The number of ketones is 1. The molecule has 194 valence electrons. The van der Waals surface area contributed by atoms with E-state index in [-0.39, 0.29) is 16.8 Å². The van der Waals surface area contributed by atoms with Crippen LogP contribution in [0.25, 0.3) is 16.9 Å². The first-order chi connectivity index (χ1) is 18.1. The van der Waals surface area contributed by atoms with Gasteiger partial charge in [-0.1, -0.05) is 78.4 Å². The minimum absolute atomic E-state index is 0.0389. The average molecular weight is 521 g/mol. The van der Waals surface area contributed by atoms with Crippen LogP contribution in [0.1, 0.15) is 27.5 Å². The Labute approximate surface area is 215 Å². The molecule has 3 N–H and O–H groups in total. The molecule has 0 spiro atoms. The number of carbonyl (C=O) groups is 2. The summed E-state index contributed by atoms with van der Waals surface area (Å²) in [6.45, 7) is 1.77. The molecule has 5 rings (SSSR count). The molecule has 3 atom stereocenters. The molecule has 1 aliphatic heterocycles. The minimum atomic E-state index is -5.36. The van der Waals surface area contributed by atoms with Gasteiger partial charge in [0.1, 0.15) is 5.92 Å². The van der Waals surface area contributed by atoms with Crippen LogP contribution in [-0.4, -0.2) is 38.6 Å². The highest BCUT2D eigenvalue weighted by molar-refractivity contribution is 6.00. The lowest BCUT2D eigenvalue weighted by atomic mass is 9.77. The molecule has 1 aliphatic rings. The second kappa shape index (κ2) is 9.46. The molecule has 0 saturated carbocycles. The first-order valence-corrected chi connectivity index (χ1v) is 11.8. The third-order valence-corrected chi connectivity index (χ3v) is 6.57. The molecule has 0 unspecified atom stereocenters. The number of rotatable bonds is 5. The molecule has 1 saturated heterocycles. The lowest BCUT2D eigenvalue weighted by molar-refractivity contribution is -0.287. The normalized spacial score (nSPS) is 21.4. The number of urea groups is 1. The van der Waals surface area contributed by atoms with Gasteiger partial charge >= 0.3 is 12.2 Å². The van der Waals surface area contributed by atoms with Crippen LogP contribution in [0.2, 0.25) is 0 Å². The van der Waals surface area contributed by atoms with E-state index in [2.05, 4.69) is 10.4 Å². The quantitative estimate of drug-likeness (QED) is 0.325. The van der Waals surface area contributed by atoms with E-state index in [0.717, 1.165) is 5.56 Å². The summed E-state index contributed by atoms with van der Waals surface area (Å²) in [4.78, 5) is 26.3. The van der Waals surface area contributed by atoms with Crippen molar-refractivity contribution in [2.24, 2.45) is 5.92 Å². The van der Waals surface area contributed by atoms with Gasteiger partial charge in [0.15, 0.2) is 5.78 Å². The van der Waals surface area contributed by atoms with Gasteiger partial charge in [-0.3, -0.25) is 4.79 Å². The van der Waals surface area contributed by atoms with E-state index in [9.17, 15) is 27.9 Å². The fourth-order valence-corrected chi connectivity index (χ4v) is 4.64. The number of benzene rings is 3. The molecular formula is C28H23F3N4O3. The van der Waals surface area contributed by atoms with E-state index >= 15 is 0 Å². The molecule has 10 heteroatoms. The second-order valence-electron chi connectivity index (χ2n) is 9.13. The molecule has 0 bridgehead atoms. The van der Waals surface area contributed by atoms with Gasteiger partial charge in [0.05, 0.1) is 17.4 Å². The van der Waals surface area contributed by atoms with Crippen LogP contribution in [0.15, 0.2) is 91.1 Å². The standard InChI is InChI=1S/C28H23F3N4O3/c1-17-12-14-19(15-13-17)25(36)22-24(32-26(37)33-27(22,38)28(29,30)31)21-16-35(20-10-6-3-7-11-20)34-23(21)18-8-4-2-5-9-18/h2-16,22,24,38H,1H3,(H2,32,33,37)/t22-,24-,27+/m0/s1. The molecule has 7 nitrogen and oxygen atoms in total. The van der Waals surface area contributed by atoms with E-state index in [1.165, 1.54) is 23.0 Å². The van der Waals surface area contributed by atoms with E-state index in [1.807, 2.05) is 0 Å². The molecule has 4 aromatic rings. The smallest absolute Gasteiger partial charge is 0.363 e. The third kappa shape index (κ3) is 4.43. The summed E-state index contributed by atoms with van der Waals surface area (Å²) in [5.74, 6) is -3.16. The maximum absolute atomic E-state index is 14.4. The number of hydrogen-bond acceptors (Lipinski definition) is 4. The monoisotopic (exact) mass is 520 g/mol. The Morgan fingerprint density at radius 3 is 2.18 bits per heavy atom. The van der Waals surface area contributed by atoms with Gasteiger partial charge in [-0.25, -0.2) is 9.48 Å². The number of nitrogens with zero attached hydrogens (tertiary/aromatic N) is 2. The highest BCUT2D eigenvalue weighted by Crippen LogP contribution is 2.45. The van der Waals surface area contributed by atoms with Crippen LogP contribution in [0.3, 0.4) is 0 Å². The topological polar surface area (TPSA) is 96.2 Å². The van der Waals surface area contributed by atoms with Gasteiger partial charge in [0, 0.05) is 22.9 Å². The molecule has 1 fully saturated rings. The zero-order valence-corrected chi connectivity index (χ0v) is 20.1. The number of nitrogens with one attached hydrogen (secondary N) is 2. The van der Waals surface area contributed by atoms with Crippen LogP contribution >= 0.6 is 0 Å². The molecule has 0 radical (unpaired) electrons. The Hall–Kier alpha value is -4.44. The maximum atomic E-state index is 14.4. The summed E-state index contributed by atoms with van der Waals surface area (Å²) < 4.78 is 44.7. The van der Waals surface area contributed by atoms with Gasteiger partial charge in [-0.2, -0.15) is 18.3 Å². The van der Waals surface area contributed by atoms with Crippen molar-refractivity contribution < 1.29 is 27.9 Å². The Morgan fingerprint density at radius 2 is 1.58 bits per heavy atom. The van der Waals surface area contributed by atoms with Gasteiger partial charge < -0.3 is 15.7 Å². The summed E-state index contributed by atoms with van der Waals surface area (Å²) in [7, 11) is 0. The van der Waals surface area contributed by atoms with Crippen molar-refractivity contribution in [3.8, 4) is 16.9 Å². The summed E-state index contributed by atoms with van der Waals surface area (Å²) in [6, 6.07) is 20.7. The number of halogens is 3. The first-order valence-electron chi connectivity index (χ1n) is 11.8. The largest absolute Gasteiger partial charge is 0.437 e. The zero-order valence-electron chi connectivity index (χ0n) is 20.1. The minimum Gasteiger partial charge on any atom is -0.363 e. The van der Waals surface area contributed by atoms with Crippen molar-refractivity contribution in [3.63, 3.8) is 0 Å². The molecule has 2 heterocycles. The van der Waals surface area contributed by atoms with E-state index in [4.69, 9.17) is 0 Å². The van der Waals surface area contributed by atoms with Gasteiger partial charge in [0.2, 0.25) is 5.72 Å². The zero-order chi connectivity index (χ0) is 27.1. The maximum Gasteiger partial charge on any atom is 0.437 e. The van der Waals surface area contributed by atoms with Crippen LogP contribution in [0.5, 0.6) is 0 Å². The number of aromatic nitrogens is 2. The van der Waals surface area contributed by atoms with Crippen molar-refractivity contribution in [1.29, 1.82) is 0 Å². The highest BCUT2D eigenvalue weighted by Gasteiger charge is 2.66. The Bertz CT molecular complexity index is 1470. The summed E-state index contributed by atoms with van der Waals surface area (Å²) in [5, 5.41) is 19.6. The SMILES string of the molecule is Cc1ccc(C(=O)[C@@H]2[C@H](c3cn(-c4ccccc4)nc3-c3ccccc3)NC(=O)N[C@]2(O)C(F)(F)F)cc1. The van der Waals surface area contributed by atoms with Crippen molar-refractivity contribution >= 4 is 11.8 Å². The van der Waals surface area contributed by atoms with Gasteiger partial charge in [-0.05, 0) is 19.1 Å². The summed E-state index contributed by atoms with van der Waals surface area (Å²) in [6.07, 6.45) is -3.89. The predicted octanol–water partition coefficient (Wildman–Crippen LogP) is 4.95. The number of aliphatic hydroxyl groups is 1. The lowest BCUT2D eigenvalue weighted by Gasteiger charge is -2.44.